The van der Waals surface area contributed by atoms with Gasteiger partial charge < -0.3 is 4.90 Å². The van der Waals surface area contributed by atoms with Crippen molar-refractivity contribution in [2.24, 2.45) is 4.99 Å². The van der Waals surface area contributed by atoms with Crippen molar-refractivity contribution in [3.63, 3.8) is 0 Å². The van der Waals surface area contributed by atoms with Crippen molar-refractivity contribution in [2.45, 2.75) is 69.1 Å². The van der Waals surface area contributed by atoms with E-state index in [-0.39, 0.29) is 5.54 Å². The summed E-state index contributed by atoms with van der Waals surface area (Å²) in [4.78, 5) is 7.19. The maximum Gasteiger partial charge on any atom is 0.416 e. The zero-order valence-corrected chi connectivity index (χ0v) is 15.0. The third-order valence-corrected chi connectivity index (χ3v) is 7.04. The number of thioether (sulfide) groups is 1. The van der Waals surface area contributed by atoms with E-state index in [1.54, 1.807) is 17.8 Å². The van der Waals surface area contributed by atoms with Crippen molar-refractivity contribution in [1.29, 1.82) is 0 Å². The first-order valence-electron chi connectivity index (χ1n) is 9.16. The standard InChI is InChI=1S/C19H23F3N2S/c20-19(21,22)14-6-5-7-15(12-14)23-17-24(16-8-1-2-9-16)18(13-25-17)10-3-4-11-18/h5-7,12,16H,1-4,8-11,13H2. The van der Waals surface area contributed by atoms with E-state index in [9.17, 15) is 13.2 Å². The monoisotopic (exact) mass is 368 g/mol. The van der Waals surface area contributed by atoms with E-state index >= 15 is 0 Å². The number of halogens is 3. The molecule has 6 heteroatoms. The number of rotatable bonds is 2. The Morgan fingerprint density at radius 2 is 1.80 bits per heavy atom. The summed E-state index contributed by atoms with van der Waals surface area (Å²) in [5, 5.41) is 0.938. The molecule has 4 rings (SSSR count). The largest absolute Gasteiger partial charge is 0.416 e. The number of alkyl halides is 3. The fraction of sp³-hybridized carbons (Fsp3) is 0.632. The van der Waals surface area contributed by atoms with Crippen LogP contribution in [0, 0.1) is 0 Å². The molecule has 0 bridgehead atoms. The Morgan fingerprint density at radius 3 is 2.48 bits per heavy atom. The normalized spacial score (nSPS) is 25.6. The second-order valence-electron chi connectivity index (χ2n) is 7.47. The first-order chi connectivity index (χ1) is 12.0. The molecule has 2 saturated carbocycles. The maximum atomic E-state index is 13.0. The lowest BCUT2D eigenvalue weighted by Crippen LogP contribution is -2.50. The third kappa shape index (κ3) is 3.29. The van der Waals surface area contributed by atoms with Crippen molar-refractivity contribution in [3.8, 4) is 0 Å². The molecular formula is C19H23F3N2S. The van der Waals surface area contributed by atoms with Crippen LogP contribution in [0.4, 0.5) is 18.9 Å². The fourth-order valence-electron chi connectivity index (χ4n) is 4.61. The second kappa shape index (κ2) is 6.53. The molecule has 3 fully saturated rings. The van der Waals surface area contributed by atoms with E-state index in [1.807, 2.05) is 0 Å². The van der Waals surface area contributed by atoms with Gasteiger partial charge in [0.1, 0.15) is 0 Å². The highest BCUT2D eigenvalue weighted by Crippen LogP contribution is 2.48. The van der Waals surface area contributed by atoms with E-state index in [0.717, 1.165) is 17.0 Å². The summed E-state index contributed by atoms with van der Waals surface area (Å²) in [7, 11) is 0. The van der Waals surface area contributed by atoms with Gasteiger partial charge in [-0.1, -0.05) is 43.5 Å². The van der Waals surface area contributed by atoms with Crippen LogP contribution in [-0.4, -0.2) is 27.4 Å². The van der Waals surface area contributed by atoms with Gasteiger partial charge in [-0.15, -0.1) is 0 Å². The number of benzene rings is 1. The molecular weight excluding hydrogens is 345 g/mol. The number of amidine groups is 1. The molecule has 1 aromatic rings. The molecule has 0 atom stereocenters. The van der Waals surface area contributed by atoms with Crippen LogP contribution < -0.4 is 0 Å². The Kier molecular flexibility index (Phi) is 4.50. The van der Waals surface area contributed by atoms with E-state index in [4.69, 9.17) is 0 Å². The zero-order valence-electron chi connectivity index (χ0n) is 14.2. The Bertz CT molecular complexity index is 659. The average molecular weight is 368 g/mol. The molecule has 2 aliphatic carbocycles. The van der Waals surface area contributed by atoms with Gasteiger partial charge in [0.05, 0.1) is 16.8 Å². The highest BCUT2D eigenvalue weighted by molar-refractivity contribution is 8.14. The Hall–Kier alpha value is -1.17. The molecule has 2 nitrogen and oxygen atoms in total. The Labute approximate surface area is 150 Å². The predicted molar refractivity (Wildman–Crippen MR) is 96.3 cm³/mol. The van der Waals surface area contributed by atoms with Crippen molar-refractivity contribution < 1.29 is 13.2 Å². The summed E-state index contributed by atoms with van der Waals surface area (Å²) in [6.45, 7) is 0. The lowest BCUT2D eigenvalue weighted by molar-refractivity contribution is -0.137. The SMILES string of the molecule is FC(F)(F)c1cccc(N=C2SCC3(CCCC3)N2C2CCCC2)c1. The summed E-state index contributed by atoms with van der Waals surface area (Å²) < 4.78 is 38.9. The minimum atomic E-state index is -4.32. The molecule has 1 heterocycles. The van der Waals surface area contributed by atoms with Crippen LogP contribution in [0.15, 0.2) is 29.3 Å². The molecule has 0 radical (unpaired) electrons. The zero-order chi connectivity index (χ0) is 17.5. The van der Waals surface area contributed by atoms with E-state index in [1.165, 1.54) is 63.5 Å². The molecule has 136 valence electrons. The van der Waals surface area contributed by atoms with Gasteiger partial charge in [-0.2, -0.15) is 13.2 Å². The summed E-state index contributed by atoms with van der Waals surface area (Å²) >= 11 is 1.74. The second-order valence-corrected chi connectivity index (χ2v) is 8.41. The van der Waals surface area contributed by atoms with Crippen LogP contribution >= 0.6 is 11.8 Å². The highest BCUT2D eigenvalue weighted by atomic mass is 32.2. The van der Waals surface area contributed by atoms with Crippen LogP contribution in [-0.2, 0) is 6.18 Å². The molecule has 1 aromatic carbocycles. The smallest absolute Gasteiger partial charge is 0.342 e. The topological polar surface area (TPSA) is 15.6 Å². The van der Waals surface area contributed by atoms with Crippen molar-refractivity contribution in [2.75, 3.05) is 5.75 Å². The maximum absolute atomic E-state index is 13.0. The molecule has 0 N–H and O–H groups in total. The molecule has 1 spiro atoms. The van der Waals surface area contributed by atoms with Crippen molar-refractivity contribution in [1.82, 2.24) is 4.90 Å². The van der Waals surface area contributed by atoms with E-state index < -0.39 is 11.7 Å². The first-order valence-corrected chi connectivity index (χ1v) is 10.1. The van der Waals surface area contributed by atoms with Gasteiger partial charge in [0.2, 0.25) is 0 Å². The summed E-state index contributed by atoms with van der Waals surface area (Å²) in [5.74, 6) is 1.03. The molecule has 3 aliphatic rings. The quantitative estimate of drug-likeness (QED) is 0.636. The van der Waals surface area contributed by atoms with E-state index in [0.29, 0.717) is 11.7 Å². The summed E-state index contributed by atoms with van der Waals surface area (Å²) in [5.41, 5.74) is -0.0177. The van der Waals surface area contributed by atoms with Gasteiger partial charge in [0.25, 0.3) is 0 Å². The van der Waals surface area contributed by atoms with Crippen molar-refractivity contribution in [3.05, 3.63) is 29.8 Å². The fourth-order valence-corrected chi connectivity index (χ4v) is 6.09. The molecule has 0 amide bonds. The van der Waals surface area contributed by atoms with Gasteiger partial charge in [-0.05, 0) is 43.9 Å². The molecule has 0 unspecified atom stereocenters. The minimum absolute atomic E-state index is 0.195. The van der Waals surface area contributed by atoms with Crippen LogP contribution in [0.5, 0.6) is 0 Å². The first kappa shape index (κ1) is 17.3. The number of hydrogen-bond acceptors (Lipinski definition) is 2. The van der Waals surface area contributed by atoms with Crippen LogP contribution in [0.3, 0.4) is 0 Å². The number of nitrogens with zero attached hydrogens (tertiary/aromatic N) is 2. The van der Waals surface area contributed by atoms with Crippen LogP contribution in [0.2, 0.25) is 0 Å². The van der Waals surface area contributed by atoms with Gasteiger partial charge in [0, 0.05) is 11.8 Å². The van der Waals surface area contributed by atoms with Crippen molar-refractivity contribution >= 4 is 22.6 Å². The molecule has 0 aromatic heterocycles. The summed E-state index contributed by atoms with van der Waals surface area (Å²) in [6, 6.07) is 5.92. The lowest BCUT2D eigenvalue weighted by atomic mass is 9.95. The highest BCUT2D eigenvalue weighted by Gasteiger charge is 2.49. The van der Waals surface area contributed by atoms with Gasteiger partial charge in [-0.3, -0.25) is 0 Å². The predicted octanol–water partition coefficient (Wildman–Crippen LogP) is 6.00. The molecule has 1 saturated heterocycles. The van der Waals surface area contributed by atoms with Crippen LogP contribution in [0.1, 0.15) is 56.9 Å². The van der Waals surface area contributed by atoms with Gasteiger partial charge in [-0.25, -0.2) is 4.99 Å². The number of hydrogen-bond donors (Lipinski definition) is 0. The third-order valence-electron chi connectivity index (χ3n) is 5.81. The Morgan fingerprint density at radius 1 is 1.08 bits per heavy atom. The number of aliphatic imine (C=N–C) groups is 1. The summed E-state index contributed by atoms with van der Waals surface area (Å²) in [6.07, 6.45) is 5.43. The van der Waals surface area contributed by atoms with Gasteiger partial charge >= 0.3 is 6.18 Å². The van der Waals surface area contributed by atoms with E-state index in [2.05, 4.69) is 9.89 Å². The molecule has 25 heavy (non-hydrogen) atoms. The Balaban J connectivity index is 1.67. The van der Waals surface area contributed by atoms with Crippen LogP contribution in [0.25, 0.3) is 0 Å². The lowest BCUT2D eigenvalue weighted by Gasteiger charge is -2.40. The van der Waals surface area contributed by atoms with Gasteiger partial charge in [0.15, 0.2) is 5.17 Å². The molecule has 1 aliphatic heterocycles. The average Bonchev–Trinajstić information content (AvgIpc) is 3.30. The minimum Gasteiger partial charge on any atom is -0.342 e.